The Morgan fingerprint density at radius 3 is 2.28 bits per heavy atom. The number of aromatic nitrogens is 1. The van der Waals surface area contributed by atoms with Gasteiger partial charge in [0.25, 0.3) is 0 Å². The summed E-state index contributed by atoms with van der Waals surface area (Å²) in [7, 11) is 0. The first-order chi connectivity index (χ1) is 17.3. The topological polar surface area (TPSA) is 134 Å². The largest absolute Gasteiger partial charge is 0.441 e. The van der Waals surface area contributed by atoms with Crippen LogP contribution < -0.4 is 16.0 Å². The third kappa shape index (κ3) is 6.09. The van der Waals surface area contributed by atoms with Gasteiger partial charge in [-0.1, -0.05) is 0 Å². The molecule has 4 rings (SSSR count). The number of rotatable bonds is 9. The molecule has 186 valence electrons. The lowest BCUT2D eigenvalue weighted by Crippen LogP contribution is -2.33. The highest BCUT2D eigenvalue weighted by molar-refractivity contribution is 6.02. The lowest BCUT2D eigenvalue weighted by atomic mass is 10.2. The molecule has 1 fully saturated rings. The average molecular weight is 497 g/mol. The Morgan fingerprint density at radius 2 is 1.67 bits per heavy atom. The minimum atomic E-state index is -0.774. The lowest BCUT2D eigenvalue weighted by Gasteiger charge is -2.12. The van der Waals surface area contributed by atoms with Crippen LogP contribution in [0.3, 0.4) is 0 Å². The van der Waals surface area contributed by atoms with Gasteiger partial charge < -0.3 is 20.4 Å². The predicted molar refractivity (Wildman–Crippen MR) is 124 cm³/mol. The summed E-state index contributed by atoms with van der Waals surface area (Å²) in [5.41, 5.74) is 1.05. The molecule has 1 aliphatic rings. The van der Waals surface area contributed by atoms with Crippen LogP contribution in [0.5, 0.6) is 0 Å². The Balaban J connectivity index is 1.22. The van der Waals surface area contributed by atoms with Gasteiger partial charge in [0, 0.05) is 43.2 Å². The van der Waals surface area contributed by atoms with Crippen LogP contribution in [0.2, 0.25) is 0 Å². The summed E-state index contributed by atoms with van der Waals surface area (Å²) in [6.45, 7) is -0.0851. The Bertz CT molecular complexity index is 1290. The van der Waals surface area contributed by atoms with E-state index in [2.05, 4.69) is 20.9 Å². The molecule has 12 heteroatoms. The number of carbonyl (C=O) groups is 4. The highest BCUT2D eigenvalue weighted by Crippen LogP contribution is 2.24. The van der Waals surface area contributed by atoms with E-state index in [9.17, 15) is 28.0 Å². The van der Waals surface area contributed by atoms with Crippen molar-refractivity contribution in [2.45, 2.75) is 19.3 Å². The first-order valence-corrected chi connectivity index (χ1v) is 11.0. The van der Waals surface area contributed by atoms with Crippen LogP contribution in [0.1, 0.15) is 18.7 Å². The van der Waals surface area contributed by atoms with E-state index in [0.29, 0.717) is 11.4 Å². The number of urea groups is 1. The van der Waals surface area contributed by atoms with Crippen LogP contribution >= 0.6 is 0 Å². The van der Waals surface area contributed by atoms with E-state index in [1.165, 1.54) is 12.3 Å². The minimum Gasteiger partial charge on any atom is -0.441 e. The summed E-state index contributed by atoms with van der Waals surface area (Å²) >= 11 is 0. The van der Waals surface area contributed by atoms with Gasteiger partial charge in [0.1, 0.15) is 11.6 Å². The summed E-state index contributed by atoms with van der Waals surface area (Å²) in [6, 6.07) is 8.99. The van der Waals surface area contributed by atoms with Gasteiger partial charge >= 0.3 is 6.03 Å². The fourth-order valence-corrected chi connectivity index (χ4v) is 3.44. The quantitative estimate of drug-likeness (QED) is 0.389. The number of anilines is 2. The molecular formula is C24H21F2N5O5. The van der Waals surface area contributed by atoms with Gasteiger partial charge in [-0.05, 0) is 36.4 Å². The van der Waals surface area contributed by atoms with E-state index in [-0.39, 0.29) is 67.3 Å². The smallest absolute Gasteiger partial charge is 0.324 e. The number of oxazole rings is 1. The van der Waals surface area contributed by atoms with E-state index in [4.69, 9.17) is 4.42 Å². The van der Waals surface area contributed by atoms with E-state index in [1.54, 1.807) is 24.3 Å². The summed E-state index contributed by atoms with van der Waals surface area (Å²) in [6.07, 6.45) is 1.48. The van der Waals surface area contributed by atoms with Crippen molar-refractivity contribution in [2.75, 3.05) is 23.7 Å². The van der Waals surface area contributed by atoms with Crippen LogP contribution in [0, 0.1) is 11.6 Å². The number of carbonyl (C=O) groups excluding carboxylic acids is 4. The molecule has 0 atom stereocenters. The molecule has 10 nitrogen and oxygen atoms in total. The molecule has 36 heavy (non-hydrogen) atoms. The van der Waals surface area contributed by atoms with E-state index < -0.39 is 17.7 Å². The molecule has 1 aliphatic heterocycles. The van der Waals surface area contributed by atoms with Crippen molar-refractivity contribution in [2.24, 2.45) is 0 Å². The molecule has 3 N–H and O–H groups in total. The third-order valence-electron chi connectivity index (χ3n) is 5.27. The number of amides is 5. The molecule has 0 unspecified atom stereocenters. The standard InChI is InChI=1S/C24H21F2N5O5/c25-14-1-6-17(18(26)11-14)19-12-27-22(36-19)8-7-20(32)29-15-2-4-16(5-3-15)30-21(33)9-10-31-23(34)13-28-24(31)35/h1-6,11-12H,7-10,13H2,(H,28,35)(H,29,32)(H,30,33). The van der Waals surface area contributed by atoms with Gasteiger partial charge in [-0.2, -0.15) is 0 Å². The molecule has 0 radical (unpaired) electrons. The SMILES string of the molecule is O=C(CCc1ncc(-c2ccc(F)cc2F)o1)Nc1ccc(NC(=O)CCN2C(=O)CNC2=O)cc1. The first-order valence-electron chi connectivity index (χ1n) is 11.0. The number of hydrogen-bond acceptors (Lipinski definition) is 6. The number of hydrogen-bond donors (Lipinski definition) is 3. The third-order valence-corrected chi connectivity index (χ3v) is 5.27. The molecule has 1 saturated heterocycles. The highest BCUT2D eigenvalue weighted by atomic mass is 19.1. The van der Waals surface area contributed by atoms with Crippen LogP contribution in [0.4, 0.5) is 25.0 Å². The summed E-state index contributed by atoms with van der Waals surface area (Å²) < 4.78 is 32.4. The Labute approximate surface area is 203 Å². The maximum absolute atomic E-state index is 13.9. The Hall–Kier alpha value is -4.61. The van der Waals surface area contributed by atoms with Crippen molar-refractivity contribution in [3.8, 4) is 11.3 Å². The number of benzene rings is 2. The van der Waals surface area contributed by atoms with Crippen LogP contribution in [0.25, 0.3) is 11.3 Å². The van der Waals surface area contributed by atoms with Crippen molar-refractivity contribution in [1.82, 2.24) is 15.2 Å². The van der Waals surface area contributed by atoms with Gasteiger partial charge in [-0.15, -0.1) is 0 Å². The zero-order chi connectivity index (χ0) is 25.7. The van der Waals surface area contributed by atoms with Crippen molar-refractivity contribution >= 4 is 35.1 Å². The van der Waals surface area contributed by atoms with Crippen LogP contribution in [-0.2, 0) is 20.8 Å². The Morgan fingerprint density at radius 1 is 1.00 bits per heavy atom. The Kier molecular flexibility index (Phi) is 7.33. The maximum Gasteiger partial charge on any atom is 0.324 e. The van der Waals surface area contributed by atoms with Crippen molar-refractivity contribution in [1.29, 1.82) is 0 Å². The molecule has 5 amide bonds. The average Bonchev–Trinajstić information content (AvgIpc) is 3.44. The summed E-state index contributed by atoms with van der Waals surface area (Å²) in [5.74, 6) is -2.17. The number of nitrogens with zero attached hydrogens (tertiary/aromatic N) is 2. The zero-order valence-corrected chi connectivity index (χ0v) is 18.8. The van der Waals surface area contributed by atoms with E-state index in [0.717, 1.165) is 17.0 Å². The fraction of sp³-hybridized carbons (Fsp3) is 0.208. The van der Waals surface area contributed by atoms with Crippen LogP contribution in [0.15, 0.2) is 53.1 Å². The zero-order valence-electron chi connectivity index (χ0n) is 18.8. The second kappa shape index (κ2) is 10.8. The number of halogens is 2. The first kappa shape index (κ1) is 24.5. The van der Waals surface area contributed by atoms with Crippen LogP contribution in [-0.4, -0.2) is 46.7 Å². The van der Waals surface area contributed by atoms with Gasteiger partial charge in [0.2, 0.25) is 17.7 Å². The second-order valence-corrected chi connectivity index (χ2v) is 7.87. The van der Waals surface area contributed by atoms with Gasteiger partial charge in [-0.3, -0.25) is 19.3 Å². The number of aryl methyl sites for hydroxylation is 1. The molecule has 3 aromatic rings. The number of nitrogens with one attached hydrogen (secondary N) is 3. The van der Waals surface area contributed by atoms with Gasteiger partial charge in [-0.25, -0.2) is 18.6 Å². The molecule has 0 spiro atoms. The lowest BCUT2D eigenvalue weighted by molar-refractivity contribution is -0.125. The van der Waals surface area contributed by atoms with Gasteiger partial charge in [0.15, 0.2) is 11.7 Å². The molecule has 2 aromatic carbocycles. The number of imide groups is 1. The predicted octanol–water partition coefficient (Wildman–Crippen LogP) is 3.07. The molecule has 0 saturated carbocycles. The monoisotopic (exact) mass is 497 g/mol. The van der Waals surface area contributed by atoms with Gasteiger partial charge in [0.05, 0.1) is 18.3 Å². The normalized spacial score (nSPS) is 13.0. The minimum absolute atomic E-state index is 0.0184. The van der Waals surface area contributed by atoms with Crippen molar-refractivity contribution < 1.29 is 32.4 Å². The summed E-state index contributed by atoms with van der Waals surface area (Å²) in [4.78, 5) is 52.4. The maximum atomic E-state index is 13.9. The second-order valence-electron chi connectivity index (χ2n) is 7.87. The summed E-state index contributed by atoms with van der Waals surface area (Å²) in [5, 5.41) is 7.74. The van der Waals surface area contributed by atoms with Crippen molar-refractivity contribution in [3.05, 3.63) is 66.2 Å². The molecule has 0 aliphatic carbocycles. The van der Waals surface area contributed by atoms with E-state index in [1.807, 2.05) is 0 Å². The molecule has 2 heterocycles. The molecule has 0 bridgehead atoms. The van der Waals surface area contributed by atoms with E-state index >= 15 is 0 Å². The van der Waals surface area contributed by atoms with Crippen molar-refractivity contribution in [3.63, 3.8) is 0 Å². The highest BCUT2D eigenvalue weighted by Gasteiger charge is 2.28. The fourth-order valence-electron chi connectivity index (χ4n) is 3.44. The molecular weight excluding hydrogens is 476 g/mol. The molecule has 1 aromatic heterocycles.